The zero-order valence-electron chi connectivity index (χ0n) is 17.3. The molecule has 1 aromatic rings. The van der Waals surface area contributed by atoms with Crippen LogP contribution in [-0.2, 0) is 9.59 Å². The number of carbonyl (C=O) groups excluding carboxylic acids is 1. The third kappa shape index (κ3) is 7.96. The standard InChI is InChI=1S/C12H23N.C11H12O3S/c1-3-7-11(8-4-1)13-12-9-5-2-6-10-12;1-7(11(13)14)9-5-3-4-6-10(9)15-8(2)12/h11-13H,1-10H2;3-7H,1-2H3,(H,13,14). The minimum Gasteiger partial charge on any atom is -0.481 e. The molecule has 1 atom stereocenters. The van der Waals surface area contributed by atoms with Crippen molar-refractivity contribution in [3.8, 4) is 0 Å². The summed E-state index contributed by atoms with van der Waals surface area (Å²) in [7, 11) is 0. The van der Waals surface area contributed by atoms with E-state index in [4.69, 9.17) is 5.11 Å². The summed E-state index contributed by atoms with van der Waals surface area (Å²) in [5, 5.41) is 12.7. The maximum absolute atomic E-state index is 11.0. The second-order valence-electron chi connectivity index (χ2n) is 8.03. The molecule has 1 unspecified atom stereocenters. The number of hydrogen-bond acceptors (Lipinski definition) is 4. The van der Waals surface area contributed by atoms with Crippen LogP contribution >= 0.6 is 11.8 Å². The molecule has 0 spiro atoms. The van der Waals surface area contributed by atoms with Gasteiger partial charge in [-0.2, -0.15) is 0 Å². The second kappa shape index (κ2) is 12.3. The normalized spacial score (nSPS) is 19.4. The Morgan fingerprint density at radius 3 is 1.93 bits per heavy atom. The maximum Gasteiger partial charge on any atom is 0.310 e. The molecule has 2 aliphatic carbocycles. The summed E-state index contributed by atoms with van der Waals surface area (Å²) in [4.78, 5) is 22.5. The van der Waals surface area contributed by atoms with Crippen LogP contribution in [0.4, 0.5) is 0 Å². The van der Waals surface area contributed by atoms with E-state index in [1.165, 1.54) is 71.1 Å². The highest BCUT2D eigenvalue weighted by molar-refractivity contribution is 8.13. The van der Waals surface area contributed by atoms with E-state index >= 15 is 0 Å². The molecule has 1 aromatic carbocycles. The molecule has 4 nitrogen and oxygen atoms in total. The van der Waals surface area contributed by atoms with Crippen LogP contribution in [0.15, 0.2) is 29.2 Å². The molecule has 0 heterocycles. The van der Waals surface area contributed by atoms with Crippen LogP contribution < -0.4 is 5.32 Å². The second-order valence-corrected chi connectivity index (χ2v) is 9.25. The van der Waals surface area contributed by atoms with E-state index in [-0.39, 0.29) is 5.12 Å². The minimum absolute atomic E-state index is 0.0416. The molecular formula is C23H35NO3S. The average Bonchev–Trinajstić information content (AvgIpc) is 2.69. The number of carbonyl (C=O) groups is 2. The molecule has 3 rings (SSSR count). The summed E-state index contributed by atoms with van der Waals surface area (Å²) >= 11 is 1.07. The Labute approximate surface area is 173 Å². The Kier molecular flexibility index (Phi) is 10.1. The van der Waals surface area contributed by atoms with E-state index in [2.05, 4.69) is 5.32 Å². The highest BCUT2D eigenvalue weighted by atomic mass is 32.2. The fourth-order valence-corrected chi connectivity index (χ4v) is 4.91. The third-order valence-electron chi connectivity index (χ3n) is 5.69. The molecular weight excluding hydrogens is 370 g/mol. The smallest absolute Gasteiger partial charge is 0.310 e. The summed E-state index contributed by atoms with van der Waals surface area (Å²) in [5.41, 5.74) is 0.685. The predicted molar refractivity (Wildman–Crippen MR) is 116 cm³/mol. The fraction of sp³-hybridized carbons (Fsp3) is 0.652. The van der Waals surface area contributed by atoms with Crippen LogP contribution in [0.3, 0.4) is 0 Å². The molecule has 0 bridgehead atoms. The van der Waals surface area contributed by atoms with Crippen LogP contribution in [0.25, 0.3) is 0 Å². The van der Waals surface area contributed by atoms with Crippen molar-refractivity contribution in [2.24, 2.45) is 0 Å². The number of nitrogens with one attached hydrogen (secondary N) is 1. The predicted octanol–water partition coefficient (Wildman–Crippen LogP) is 5.75. The molecule has 0 saturated heterocycles. The summed E-state index contributed by atoms with van der Waals surface area (Å²) < 4.78 is 0. The van der Waals surface area contributed by atoms with E-state index in [0.717, 1.165) is 28.7 Å². The monoisotopic (exact) mass is 405 g/mol. The number of hydrogen-bond donors (Lipinski definition) is 2. The topological polar surface area (TPSA) is 66.4 Å². The molecule has 2 aliphatic rings. The first-order chi connectivity index (χ1) is 13.5. The number of benzene rings is 1. The first-order valence-corrected chi connectivity index (χ1v) is 11.5. The van der Waals surface area contributed by atoms with Crippen LogP contribution in [-0.4, -0.2) is 28.3 Å². The Morgan fingerprint density at radius 2 is 1.46 bits per heavy atom. The van der Waals surface area contributed by atoms with Gasteiger partial charge in [-0.3, -0.25) is 9.59 Å². The largest absolute Gasteiger partial charge is 0.481 e. The van der Waals surface area contributed by atoms with Gasteiger partial charge < -0.3 is 10.4 Å². The maximum atomic E-state index is 11.0. The lowest BCUT2D eigenvalue weighted by Crippen LogP contribution is -2.40. The number of thioether (sulfide) groups is 1. The molecule has 2 fully saturated rings. The van der Waals surface area contributed by atoms with Gasteiger partial charge >= 0.3 is 5.97 Å². The van der Waals surface area contributed by atoms with Crippen LogP contribution in [0.1, 0.15) is 89.5 Å². The molecule has 2 saturated carbocycles. The van der Waals surface area contributed by atoms with Gasteiger partial charge in [-0.15, -0.1) is 0 Å². The molecule has 2 N–H and O–H groups in total. The van der Waals surface area contributed by atoms with E-state index in [1.807, 2.05) is 0 Å². The molecule has 156 valence electrons. The van der Waals surface area contributed by atoms with Crippen molar-refractivity contribution in [2.45, 2.75) is 101 Å². The van der Waals surface area contributed by atoms with Crippen LogP contribution in [0.5, 0.6) is 0 Å². The number of aliphatic carboxylic acids is 1. The highest BCUT2D eigenvalue weighted by Gasteiger charge is 2.19. The summed E-state index contributed by atoms with van der Waals surface area (Å²) in [6.45, 7) is 3.08. The first-order valence-electron chi connectivity index (χ1n) is 10.7. The van der Waals surface area contributed by atoms with Crippen molar-refractivity contribution in [2.75, 3.05) is 0 Å². The molecule has 0 aromatic heterocycles. The Bertz CT molecular complexity index is 606. The van der Waals surface area contributed by atoms with Gasteiger partial charge in [0.15, 0.2) is 5.12 Å². The number of carboxylic acid groups (broad SMARTS) is 1. The minimum atomic E-state index is -0.883. The Balaban J connectivity index is 0.000000202. The summed E-state index contributed by atoms with van der Waals surface area (Å²) in [6, 6.07) is 8.82. The fourth-order valence-electron chi connectivity index (χ4n) is 4.09. The van der Waals surface area contributed by atoms with Gasteiger partial charge in [-0.05, 0) is 44.2 Å². The van der Waals surface area contributed by atoms with Gasteiger partial charge in [0.1, 0.15) is 0 Å². The first kappa shape index (κ1) is 23.0. The average molecular weight is 406 g/mol. The van der Waals surface area contributed by atoms with Gasteiger partial charge in [-0.25, -0.2) is 0 Å². The number of rotatable bonds is 5. The zero-order valence-corrected chi connectivity index (χ0v) is 18.1. The van der Waals surface area contributed by atoms with E-state index in [0.29, 0.717) is 5.56 Å². The lowest BCUT2D eigenvalue weighted by molar-refractivity contribution is -0.138. The Hall–Kier alpha value is -1.33. The van der Waals surface area contributed by atoms with Gasteiger partial charge in [0.2, 0.25) is 0 Å². The van der Waals surface area contributed by atoms with Gasteiger partial charge in [0.25, 0.3) is 0 Å². The van der Waals surface area contributed by atoms with Crippen molar-refractivity contribution in [3.63, 3.8) is 0 Å². The lowest BCUT2D eigenvalue weighted by atomic mass is 9.91. The lowest BCUT2D eigenvalue weighted by Gasteiger charge is -2.30. The van der Waals surface area contributed by atoms with E-state index in [9.17, 15) is 9.59 Å². The van der Waals surface area contributed by atoms with Gasteiger partial charge in [0, 0.05) is 23.9 Å². The van der Waals surface area contributed by atoms with Crippen molar-refractivity contribution in [1.29, 1.82) is 0 Å². The van der Waals surface area contributed by atoms with Gasteiger partial charge in [0.05, 0.1) is 5.92 Å². The summed E-state index contributed by atoms with van der Waals surface area (Å²) in [5.74, 6) is -1.47. The molecule has 0 amide bonds. The van der Waals surface area contributed by atoms with Crippen molar-refractivity contribution in [1.82, 2.24) is 5.32 Å². The zero-order chi connectivity index (χ0) is 20.4. The highest BCUT2D eigenvalue weighted by Crippen LogP contribution is 2.29. The Morgan fingerprint density at radius 1 is 0.964 bits per heavy atom. The summed E-state index contributed by atoms with van der Waals surface area (Å²) in [6.07, 6.45) is 14.6. The third-order valence-corrected chi connectivity index (χ3v) is 6.57. The van der Waals surface area contributed by atoms with Crippen molar-refractivity contribution >= 4 is 22.8 Å². The van der Waals surface area contributed by atoms with E-state index in [1.54, 1.807) is 31.2 Å². The quantitative estimate of drug-likeness (QED) is 0.610. The van der Waals surface area contributed by atoms with Gasteiger partial charge in [-0.1, -0.05) is 68.5 Å². The van der Waals surface area contributed by atoms with Crippen LogP contribution in [0, 0.1) is 0 Å². The van der Waals surface area contributed by atoms with E-state index < -0.39 is 11.9 Å². The number of carboxylic acids is 1. The molecule has 5 heteroatoms. The van der Waals surface area contributed by atoms with Crippen molar-refractivity contribution < 1.29 is 14.7 Å². The molecule has 0 aliphatic heterocycles. The molecule has 28 heavy (non-hydrogen) atoms. The van der Waals surface area contributed by atoms with Crippen LogP contribution in [0.2, 0.25) is 0 Å². The van der Waals surface area contributed by atoms with Crippen molar-refractivity contribution in [3.05, 3.63) is 29.8 Å². The molecule has 0 radical (unpaired) electrons. The SMILES string of the molecule is C1CCC(NC2CCCCC2)CC1.CC(=O)Sc1ccccc1C(C)C(=O)O.